The molecule has 64 valence electrons. The minimum Gasteiger partial charge on any atom is -0.304 e. The maximum atomic E-state index is 6.10. The van der Waals surface area contributed by atoms with Crippen LogP contribution in [0.25, 0.3) is 0 Å². The van der Waals surface area contributed by atoms with Crippen LogP contribution in [0.2, 0.25) is 11.0 Å². The zero-order chi connectivity index (χ0) is 9.64. The van der Waals surface area contributed by atoms with Gasteiger partial charge < -0.3 is 4.90 Å². The summed E-state index contributed by atoms with van der Waals surface area (Å²) in [4.78, 5) is 2.29. The van der Waals surface area contributed by atoms with Gasteiger partial charge in [-0.2, -0.15) is 0 Å². The van der Waals surface area contributed by atoms with Crippen molar-refractivity contribution in [3.05, 3.63) is 0 Å². The van der Waals surface area contributed by atoms with Crippen LogP contribution in [0.15, 0.2) is 0 Å². The van der Waals surface area contributed by atoms with E-state index < -0.39 is 5.21 Å². The van der Waals surface area contributed by atoms with Crippen molar-refractivity contribution >= 4 is 23.5 Å². The van der Waals surface area contributed by atoms with Crippen LogP contribution in [0, 0.1) is 5.92 Å². The average molecular weight is 169 g/mol. The third kappa shape index (κ3) is 1.58. The Morgan fingerprint density at radius 2 is 2.08 bits per heavy atom. The Morgan fingerprint density at radius 1 is 1.38 bits per heavy atom. The fourth-order valence-corrected chi connectivity index (χ4v) is 3.17. The third-order valence-electron chi connectivity index (χ3n) is 3.55. The molecule has 3 unspecified atom stereocenters. The van der Waals surface area contributed by atoms with E-state index in [1.165, 1.54) is 6.42 Å². The molecule has 0 aromatic heterocycles. The Labute approximate surface area is 84.9 Å². The van der Waals surface area contributed by atoms with E-state index in [2.05, 4.69) is 11.9 Å². The van der Waals surface area contributed by atoms with Crippen LogP contribution >= 0.6 is 0 Å². The Hall–Kier alpha value is 0.155. The molecule has 1 heterocycles. The highest BCUT2D eigenvalue weighted by Gasteiger charge is 2.45. The number of likely N-dealkylation sites (tertiary alicyclic amines) is 1. The molecule has 0 aromatic rings. The number of nitrogens with zero attached hydrogens (tertiary/aromatic N) is 1. The van der Waals surface area contributed by atoms with Crippen molar-refractivity contribution in [3.8, 4) is 0 Å². The topological polar surface area (TPSA) is 3.24 Å². The van der Waals surface area contributed by atoms with Crippen molar-refractivity contribution in [2.24, 2.45) is 5.92 Å². The van der Waals surface area contributed by atoms with Crippen LogP contribution in [-0.4, -0.2) is 48.1 Å². The molecule has 2 fully saturated rings. The van der Waals surface area contributed by atoms with Gasteiger partial charge in [0.05, 0.1) is 23.5 Å². The minimum absolute atomic E-state index is 0.197. The molecule has 0 amide bonds. The van der Waals surface area contributed by atoms with E-state index in [9.17, 15) is 0 Å². The molecule has 1 saturated carbocycles. The van der Waals surface area contributed by atoms with E-state index in [0.717, 1.165) is 19.4 Å². The highest BCUT2D eigenvalue weighted by Crippen LogP contribution is 2.50. The van der Waals surface area contributed by atoms with E-state index >= 15 is 0 Å². The fraction of sp³-hybridized carbons (Fsp3) is 1.00. The van der Waals surface area contributed by atoms with Gasteiger partial charge >= 0.3 is 0 Å². The summed E-state index contributed by atoms with van der Waals surface area (Å²) in [5.41, 5.74) is 0. The van der Waals surface area contributed by atoms with Crippen molar-refractivity contribution < 1.29 is 0 Å². The second kappa shape index (κ2) is 3.08. The summed E-state index contributed by atoms with van der Waals surface area (Å²) >= 11 is 0. The lowest BCUT2D eigenvalue weighted by atomic mass is 9.41. The molecule has 6 radical (unpaired) electrons. The lowest BCUT2D eigenvalue weighted by Crippen LogP contribution is -2.45. The second-order valence-corrected chi connectivity index (χ2v) is 4.79. The molecule has 0 aromatic carbocycles. The molecule has 2 aliphatic rings. The molecular weight excluding hydrogens is 155 g/mol. The van der Waals surface area contributed by atoms with Crippen LogP contribution < -0.4 is 0 Å². The Balaban J connectivity index is 2.20. The Morgan fingerprint density at radius 3 is 2.77 bits per heavy atom. The summed E-state index contributed by atoms with van der Waals surface area (Å²) in [5.74, 6) is 0.812. The van der Waals surface area contributed by atoms with Crippen LogP contribution in [0.5, 0.6) is 0 Å². The normalized spacial score (nSPS) is 44.5. The van der Waals surface area contributed by atoms with Gasteiger partial charge in [-0.3, -0.25) is 0 Å². The first-order chi connectivity index (χ1) is 6.00. The molecule has 2 rings (SSSR count). The van der Waals surface area contributed by atoms with E-state index in [1.807, 2.05) is 0 Å². The molecule has 0 bridgehead atoms. The van der Waals surface area contributed by atoms with Crippen LogP contribution in [0.1, 0.15) is 19.3 Å². The fourth-order valence-electron chi connectivity index (χ4n) is 3.17. The number of fused-ring (bicyclic) bond motifs is 1. The highest BCUT2D eigenvalue weighted by molar-refractivity contribution is 6.41. The number of hydrogen-bond donors (Lipinski definition) is 0. The van der Waals surface area contributed by atoms with Gasteiger partial charge in [-0.05, 0) is 25.9 Å². The van der Waals surface area contributed by atoms with Gasteiger partial charge in [-0.1, -0.05) is 23.9 Å². The maximum absolute atomic E-state index is 6.10. The van der Waals surface area contributed by atoms with Crippen molar-refractivity contribution in [3.63, 3.8) is 0 Å². The first-order valence-electron chi connectivity index (χ1n) is 5.04. The quantitative estimate of drug-likeness (QED) is 0.477. The SMILES string of the molecule is [B]C1CC2CCN(C)C2C([B])([B])C1. The molecule has 13 heavy (non-hydrogen) atoms. The molecule has 1 nitrogen and oxygen atoms in total. The first kappa shape index (κ1) is 9.70. The smallest absolute Gasteiger partial charge is 0.0699 e. The summed E-state index contributed by atoms with van der Waals surface area (Å²) < 4.78 is 0. The van der Waals surface area contributed by atoms with Gasteiger partial charge in [0.2, 0.25) is 0 Å². The van der Waals surface area contributed by atoms with Gasteiger partial charge in [-0.15, -0.1) is 0 Å². The summed E-state index contributed by atoms with van der Waals surface area (Å²) in [7, 11) is 20.2. The summed E-state index contributed by atoms with van der Waals surface area (Å²) in [6.45, 7) is 1.11. The zero-order valence-electron chi connectivity index (χ0n) is 8.24. The molecule has 1 aliphatic carbocycles. The molecule has 1 saturated heterocycles. The maximum Gasteiger partial charge on any atom is 0.0699 e. The average Bonchev–Trinajstić information content (AvgIpc) is 2.29. The number of rotatable bonds is 0. The lowest BCUT2D eigenvalue weighted by Gasteiger charge is -2.47. The van der Waals surface area contributed by atoms with Crippen molar-refractivity contribution in [2.75, 3.05) is 13.6 Å². The largest absolute Gasteiger partial charge is 0.304 e. The Bertz CT molecular complexity index is 207. The van der Waals surface area contributed by atoms with Gasteiger partial charge in [0, 0.05) is 6.04 Å². The zero-order valence-corrected chi connectivity index (χ0v) is 8.24. The molecular formula is C9H14B3N. The van der Waals surface area contributed by atoms with Crippen molar-refractivity contribution in [1.82, 2.24) is 4.90 Å². The van der Waals surface area contributed by atoms with Gasteiger partial charge in [-0.25, -0.2) is 0 Å². The van der Waals surface area contributed by atoms with E-state index in [0.29, 0.717) is 12.0 Å². The van der Waals surface area contributed by atoms with Gasteiger partial charge in [0.25, 0.3) is 0 Å². The molecule has 0 N–H and O–H groups in total. The third-order valence-corrected chi connectivity index (χ3v) is 3.55. The summed E-state index contributed by atoms with van der Waals surface area (Å²) in [6.07, 6.45) is 3.04. The van der Waals surface area contributed by atoms with Crippen LogP contribution in [0.3, 0.4) is 0 Å². The van der Waals surface area contributed by atoms with E-state index in [4.69, 9.17) is 23.5 Å². The van der Waals surface area contributed by atoms with E-state index in [-0.39, 0.29) is 5.82 Å². The van der Waals surface area contributed by atoms with Crippen molar-refractivity contribution in [2.45, 2.75) is 36.3 Å². The van der Waals surface area contributed by atoms with Crippen LogP contribution in [-0.2, 0) is 0 Å². The van der Waals surface area contributed by atoms with Crippen LogP contribution in [0.4, 0.5) is 0 Å². The second-order valence-electron chi connectivity index (χ2n) is 4.79. The Kier molecular flexibility index (Phi) is 2.30. The highest BCUT2D eigenvalue weighted by atomic mass is 15.2. The minimum atomic E-state index is -0.576. The summed E-state index contributed by atoms with van der Waals surface area (Å²) in [6, 6.07) is 0.340. The lowest BCUT2D eigenvalue weighted by molar-refractivity contribution is 0.197. The molecule has 1 aliphatic heterocycles. The summed E-state index contributed by atoms with van der Waals surface area (Å²) in [5, 5.41) is -0.576. The molecule has 3 atom stereocenters. The predicted octanol–water partition coefficient (Wildman–Crippen LogP) is 0.511. The molecule has 0 spiro atoms. The van der Waals surface area contributed by atoms with E-state index in [1.54, 1.807) is 0 Å². The number of hydrogen-bond acceptors (Lipinski definition) is 1. The van der Waals surface area contributed by atoms with Gasteiger partial charge in [0.1, 0.15) is 0 Å². The first-order valence-corrected chi connectivity index (χ1v) is 5.04. The molecule has 4 heteroatoms. The van der Waals surface area contributed by atoms with Crippen molar-refractivity contribution in [1.29, 1.82) is 0 Å². The predicted molar refractivity (Wildman–Crippen MR) is 57.5 cm³/mol. The monoisotopic (exact) mass is 169 g/mol. The van der Waals surface area contributed by atoms with Gasteiger partial charge in [0.15, 0.2) is 0 Å². The standard InChI is InChI=1S/C9H14B3N/c1-13-3-2-6-4-7(10)5-9(11,12)8(6)13/h6-8H,2-5H2,1H3.